The molecule has 1 aromatic heterocycles. The van der Waals surface area contributed by atoms with Gasteiger partial charge >= 0.3 is 0 Å². The van der Waals surface area contributed by atoms with Gasteiger partial charge in [0.05, 0.1) is 4.88 Å². The van der Waals surface area contributed by atoms with Gasteiger partial charge in [-0.2, -0.15) is 0 Å². The molecule has 1 atom stereocenters. The highest BCUT2D eigenvalue weighted by Crippen LogP contribution is 2.32. The van der Waals surface area contributed by atoms with Gasteiger partial charge in [0.15, 0.2) is 5.11 Å². The zero-order valence-corrected chi connectivity index (χ0v) is 16.2. The SMILES string of the molecule is CCc1ccccc1NC(=S)NNC(=O)c1cc2c(s1)CC[C@H](C)C2. The summed E-state index contributed by atoms with van der Waals surface area (Å²) in [7, 11) is 0. The highest BCUT2D eigenvalue weighted by molar-refractivity contribution is 7.80. The third-order valence-electron chi connectivity index (χ3n) is 4.49. The van der Waals surface area contributed by atoms with Crippen LogP contribution in [0.15, 0.2) is 30.3 Å². The second-order valence-corrected chi connectivity index (χ2v) is 8.00. The van der Waals surface area contributed by atoms with E-state index >= 15 is 0 Å². The first-order chi connectivity index (χ1) is 12.1. The number of aryl methyl sites for hydroxylation is 2. The fraction of sp³-hybridized carbons (Fsp3) is 0.368. The van der Waals surface area contributed by atoms with Crippen LogP contribution in [0.2, 0.25) is 0 Å². The van der Waals surface area contributed by atoms with Crippen molar-refractivity contribution < 1.29 is 4.79 Å². The first kappa shape index (κ1) is 17.9. The van der Waals surface area contributed by atoms with Gasteiger partial charge in [-0.3, -0.25) is 15.6 Å². The summed E-state index contributed by atoms with van der Waals surface area (Å²) in [6, 6.07) is 10.0. The van der Waals surface area contributed by atoms with E-state index in [2.05, 4.69) is 36.1 Å². The van der Waals surface area contributed by atoms with Crippen molar-refractivity contribution >= 4 is 40.3 Å². The zero-order chi connectivity index (χ0) is 17.8. The molecule has 0 bridgehead atoms. The molecule has 1 amide bonds. The van der Waals surface area contributed by atoms with Gasteiger partial charge in [-0.1, -0.05) is 32.0 Å². The van der Waals surface area contributed by atoms with Crippen LogP contribution in [0.25, 0.3) is 0 Å². The number of nitrogens with one attached hydrogen (secondary N) is 3. The van der Waals surface area contributed by atoms with E-state index in [0.717, 1.165) is 29.8 Å². The minimum absolute atomic E-state index is 0.139. The number of rotatable bonds is 3. The molecule has 0 unspecified atom stereocenters. The second kappa shape index (κ2) is 7.97. The highest BCUT2D eigenvalue weighted by Gasteiger charge is 2.20. The normalized spacial score (nSPS) is 16.0. The molecule has 0 radical (unpaired) electrons. The van der Waals surface area contributed by atoms with Crippen LogP contribution < -0.4 is 16.2 Å². The van der Waals surface area contributed by atoms with Gasteiger partial charge in [-0.15, -0.1) is 11.3 Å². The molecule has 4 nitrogen and oxygen atoms in total. The third-order valence-corrected chi connectivity index (χ3v) is 5.93. The quantitative estimate of drug-likeness (QED) is 0.561. The van der Waals surface area contributed by atoms with Crippen LogP contribution in [0, 0.1) is 5.92 Å². The van der Waals surface area contributed by atoms with Gasteiger partial charge in [-0.25, -0.2) is 0 Å². The van der Waals surface area contributed by atoms with E-state index in [1.807, 2.05) is 24.3 Å². The zero-order valence-electron chi connectivity index (χ0n) is 14.5. The summed E-state index contributed by atoms with van der Waals surface area (Å²) < 4.78 is 0. The molecule has 3 rings (SSSR count). The fourth-order valence-electron chi connectivity index (χ4n) is 3.10. The summed E-state index contributed by atoms with van der Waals surface area (Å²) in [5.74, 6) is 0.562. The summed E-state index contributed by atoms with van der Waals surface area (Å²) in [6.45, 7) is 4.36. The Morgan fingerprint density at radius 3 is 2.92 bits per heavy atom. The number of thiophene rings is 1. The van der Waals surface area contributed by atoms with E-state index in [0.29, 0.717) is 11.0 Å². The summed E-state index contributed by atoms with van der Waals surface area (Å²) >= 11 is 6.87. The molecular weight excluding hydrogens is 350 g/mol. The third kappa shape index (κ3) is 4.38. The van der Waals surface area contributed by atoms with Crippen LogP contribution in [0.5, 0.6) is 0 Å². The summed E-state index contributed by atoms with van der Waals surface area (Å²) in [5, 5.41) is 3.51. The monoisotopic (exact) mass is 373 g/mol. The Bertz CT molecular complexity index is 785. The van der Waals surface area contributed by atoms with Gasteiger partial charge in [0, 0.05) is 10.6 Å². The number of amides is 1. The molecule has 0 aliphatic heterocycles. The maximum Gasteiger partial charge on any atom is 0.279 e. The summed E-state index contributed by atoms with van der Waals surface area (Å²) in [4.78, 5) is 14.5. The molecule has 0 spiro atoms. The standard InChI is InChI=1S/C19H23N3OS2/c1-3-13-6-4-5-7-15(13)20-19(24)22-21-18(23)17-11-14-10-12(2)8-9-16(14)25-17/h4-7,11-12H,3,8-10H2,1-2H3,(H,21,23)(H2,20,22,24)/t12-/m0/s1. The maximum absolute atomic E-state index is 12.4. The molecule has 25 heavy (non-hydrogen) atoms. The Balaban J connectivity index is 1.56. The van der Waals surface area contributed by atoms with E-state index in [4.69, 9.17) is 12.2 Å². The first-order valence-corrected chi connectivity index (χ1v) is 9.86. The van der Waals surface area contributed by atoms with Gasteiger partial charge in [0.2, 0.25) is 0 Å². The molecule has 2 aromatic rings. The van der Waals surface area contributed by atoms with Gasteiger partial charge in [0.1, 0.15) is 0 Å². The number of hydrogen-bond acceptors (Lipinski definition) is 3. The lowest BCUT2D eigenvalue weighted by Crippen LogP contribution is -2.43. The van der Waals surface area contributed by atoms with Crippen LogP contribution in [0.1, 0.15) is 45.9 Å². The Hall–Kier alpha value is -1.92. The lowest BCUT2D eigenvalue weighted by atomic mass is 9.90. The largest absolute Gasteiger partial charge is 0.331 e. The fourth-order valence-corrected chi connectivity index (χ4v) is 4.36. The number of carbonyl (C=O) groups excluding carboxylic acids is 1. The molecule has 0 saturated carbocycles. The Labute approximate surface area is 158 Å². The minimum atomic E-state index is -0.139. The van der Waals surface area contributed by atoms with E-state index in [1.54, 1.807) is 11.3 Å². The predicted octanol–water partition coefficient (Wildman–Crippen LogP) is 4.07. The molecule has 0 saturated heterocycles. The minimum Gasteiger partial charge on any atom is -0.331 e. The van der Waals surface area contributed by atoms with Crippen LogP contribution >= 0.6 is 23.6 Å². The van der Waals surface area contributed by atoms with Crippen molar-refractivity contribution in [3.05, 3.63) is 51.2 Å². The number of para-hydroxylation sites is 1. The van der Waals surface area contributed by atoms with Crippen LogP contribution in [0.3, 0.4) is 0 Å². The molecule has 0 fully saturated rings. The lowest BCUT2D eigenvalue weighted by molar-refractivity contribution is 0.0948. The average Bonchev–Trinajstić information content (AvgIpc) is 3.03. The van der Waals surface area contributed by atoms with Crippen LogP contribution in [0.4, 0.5) is 5.69 Å². The van der Waals surface area contributed by atoms with Crippen molar-refractivity contribution in [2.75, 3.05) is 5.32 Å². The first-order valence-electron chi connectivity index (χ1n) is 8.63. The molecule has 1 heterocycles. The van der Waals surface area contributed by atoms with E-state index < -0.39 is 0 Å². The predicted molar refractivity (Wildman–Crippen MR) is 108 cm³/mol. The van der Waals surface area contributed by atoms with Crippen molar-refractivity contribution in [3.63, 3.8) is 0 Å². The summed E-state index contributed by atoms with van der Waals surface area (Å²) in [5.41, 5.74) is 8.95. The maximum atomic E-state index is 12.4. The molecule has 1 aliphatic carbocycles. The van der Waals surface area contributed by atoms with Crippen molar-refractivity contribution in [2.45, 2.75) is 39.5 Å². The molecule has 1 aromatic carbocycles. The number of carbonyl (C=O) groups is 1. The number of fused-ring (bicyclic) bond motifs is 1. The molecule has 132 valence electrons. The highest BCUT2D eigenvalue weighted by atomic mass is 32.1. The summed E-state index contributed by atoms with van der Waals surface area (Å²) in [6.07, 6.45) is 4.27. The lowest BCUT2D eigenvalue weighted by Gasteiger charge is -2.16. The van der Waals surface area contributed by atoms with Gasteiger partial charge in [0.25, 0.3) is 5.91 Å². The smallest absolute Gasteiger partial charge is 0.279 e. The number of hydrazine groups is 1. The average molecular weight is 374 g/mol. The van der Waals surface area contributed by atoms with E-state index in [-0.39, 0.29) is 5.91 Å². The number of thiocarbonyl (C=S) groups is 1. The van der Waals surface area contributed by atoms with Crippen molar-refractivity contribution in [1.82, 2.24) is 10.9 Å². The number of benzene rings is 1. The van der Waals surface area contributed by atoms with Gasteiger partial charge < -0.3 is 5.32 Å². The number of hydrogen-bond donors (Lipinski definition) is 3. The molecular formula is C19H23N3OS2. The van der Waals surface area contributed by atoms with E-state index in [9.17, 15) is 4.79 Å². The molecule has 1 aliphatic rings. The van der Waals surface area contributed by atoms with Crippen LogP contribution in [-0.4, -0.2) is 11.0 Å². The molecule has 6 heteroatoms. The van der Waals surface area contributed by atoms with Crippen LogP contribution in [-0.2, 0) is 19.3 Å². The Kier molecular flexibility index (Phi) is 5.71. The molecule has 3 N–H and O–H groups in total. The number of anilines is 1. The van der Waals surface area contributed by atoms with Gasteiger partial charge in [-0.05, 0) is 67.1 Å². The Morgan fingerprint density at radius 2 is 2.12 bits per heavy atom. The van der Waals surface area contributed by atoms with Crippen molar-refractivity contribution in [1.29, 1.82) is 0 Å². The van der Waals surface area contributed by atoms with Crippen molar-refractivity contribution in [2.24, 2.45) is 5.92 Å². The van der Waals surface area contributed by atoms with Crippen molar-refractivity contribution in [3.8, 4) is 0 Å². The Morgan fingerprint density at radius 1 is 1.32 bits per heavy atom. The second-order valence-electron chi connectivity index (χ2n) is 6.45. The van der Waals surface area contributed by atoms with E-state index in [1.165, 1.54) is 22.4 Å². The topological polar surface area (TPSA) is 53.2 Å².